The zero-order valence-corrected chi connectivity index (χ0v) is 46.9. The lowest BCUT2D eigenvalue weighted by Crippen LogP contribution is -2.50. The van der Waals surface area contributed by atoms with Crippen molar-refractivity contribution in [3.63, 3.8) is 0 Å². The second-order valence-electron chi connectivity index (χ2n) is 22.7. The number of benzene rings is 10. The molecule has 0 N–H and O–H groups in total. The third kappa shape index (κ3) is 6.95. The summed E-state index contributed by atoms with van der Waals surface area (Å²) in [6.07, 6.45) is 0. The molecule has 0 saturated carbocycles. The first kappa shape index (κ1) is 48.3. The van der Waals surface area contributed by atoms with Crippen LogP contribution in [0.2, 0.25) is 0 Å². The molecule has 3 aliphatic rings. The molecule has 2 heterocycles. The zero-order chi connectivity index (χ0) is 53.8. The largest absolute Gasteiger partial charge is 0.311 e. The molecule has 0 aliphatic heterocycles. The highest BCUT2D eigenvalue weighted by Crippen LogP contribution is 2.70. The molecule has 0 amide bonds. The Labute approximate surface area is 478 Å². The van der Waals surface area contributed by atoms with E-state index in [1.54, 1.807) is 0 Å². The number of anilines is 6. The van der Waals surface area contributed by atoms with E-state index in [9.17, 15) is 0 Å². The van der Waals surface area contributed by atoms with Gasteiger partial charge >= 0.3 is 0 Å². The van der Waals surface area contributed by atoms with Gasteiger partial charge in [0.15, 0.2) is 0 Å². The maximum atomic E-state index is 2.62. The average molecular weight is 1060 g/mol. The minimum Gasteiger partial charge on any atom is -0.311 e. The molecule has 0 unspecified atom stereocenters. The second-order valence-corrected chi connectivity index (χ2v) is 24.9. The smallest absolute Gasteiger partial charge is 0.0815 e. The Morgan fingerprint density at radius 1 is 0.237 bits per heavy atom. The highest BCUT2D eigenvalue weighted by atomic mass is 32.1. The Kier molecular flexibility index (Phi) is 11.1. The Hall–Kier alpha value is -8.80. The van der Waals surface area contributed by atoms with Crippen molar-refractivity contribution in [1.29, 1.82) is 0 Å². The van der Waals surface area contributed by atoms with Crippen LogP contribution < -0.4 is 9.80 Å². The lowest BCUT2D eigenvalue weighted by Gasteiger charge is -2.55. The molecule has 10 aromatic carbocycles. The molecule has 12 aromatic rings. The van der Waals surface area contributed by atoms with E-state index in [0.717, 1.165) is 34.1 Å². The summed E-state index contributed by atoms with van der Waals surface area (Å²) in [7, 11) is 0. The van der Waals surface area contributed by atoms with Gasteiger partial charge in [-0.25, -0.2) is 0 Å². The summed E-state index contributed by atoms with van der Waals surface area (Å²) in [4.78, 5) is 10.0. The summed E-state index contributed by atoms with van der Waals surface area (Å²) in [6.45, 7) is 9.74. The molecule has 2 spiro atoms. The lowest BCUT2D eigenvalue weighted by atomic mass is 9.48. The number of para-hydroxylation sites is 4. The maximum absolute atomic E-state index is 2.62. The van der Waals surface area contributed by atoms with Gasteiger partial charge in [-0.3, -0.25) is 0 Å². The number of nitrogens with zero attached hydrogens (tertiary/aromatic N) is 2. The fourth-order valence-electron chi connectivity index (χ4n) is 14.2. The van der Waals surface area contributed by atoms with E-state index in [-0.39, 0.29) is 10.8 Å². The molecule has 0 radical (unpaired) electrons. The summed E-state index contributed by atoms with van der Waals surface area (Å²) in [5.41, 5.74) is 21.0. The summed E-state index contributed by atoms with van der Waals surface area (Å²) < 4.78 is 0. The van der Waals surface area contributed by atoms with Crippen LogP contribution in [0.25, 0.3) is 20.9 Å². The van der Waals surface area contributed by atoms with Crippen molar-refractivity contribution in [3.8, 4) is 20.9 Å². The number of thiophene rings is 2. The molecule has 0 atom stereocenters. The fraction of sp³-hybridized carbons (Fsp3) is 0.105. The third-order valence-electron chi connectivity index (χ3n) is 17.8. The second kappa shape index (κ2) is 18.4. The molecule has 15 rings (SSSR count). The predicted octanol–water partition coefficient (Wildman–Crippen LogP) is 20.4. The minimum absolute atomic E-state index is 0.251. The van der Waals surface area contributed by atoms with Crippen molar-refractivity contribution in [2.45, 2.75) is 49.4 Å². The molecule has 3 aliphatic carbocycles. The molecule has 0 bridgehead atoms. The van der Waals surface area contributed by atoms with Crippen LogP contribution in [0, 0.1) is 0 Å². The van der Waals surface area contributed by atoms with Gasteiger partial charge < -0.3 is 9.80 Å². The third-order valence-corrected chi connectivity index (χ3v) is 20.5. The monoisotopic (exact) mass is 1060 g/mol. The van der Waals surface area contributed by atoms with Crippen LogP contribution >= 0.6 is 22.7 Å². The first-order chi connectivity index (χ1) is 39.2. The number of fused-ring (bicyclic) bond motifs is 14. The highest BCUT2D eigenvalue weighted by molar-refractivity contribution is 7.17. The Balaban J connectivity index is 1.02. The quantitative estimate of drug-likeness (QED) is 0.150. The van der Waals surface area contributed by atoms with Gasteiger partial charge in [0, 0.05) is 64.5 Å². The molecule has 0 fully saturated rings. The maximum Gasteiger partial charge on any atom is 0.0815 e. The molecule has 384 valence electrons. The van der Waals surface area contributed by atoms with E-state index in [4.69, 9.17) is 0 Å². The van der Waals surface area contributed by atoms with Gasteiger partial charge in [-0.05, 0) is 152 Å². The van der Waals surface area contributed by atoms with Crippen molar-refractivity contribution in [2.24, 2.45) is 0 Å². The van der Waals surface area contributed by atoms with E-state index in [2.05, 4.69) is 317 Å². The van der Waals surface area contributed by atoms with Gasteiger partial charge in [0.1, 0.15) is 0 Å². The molecule has 2 aromatic heterocycles. The van der Waals surface area contributed by atoms with Gasteiger partial charge in [0.2, 0.25) is 0 Å². The van der Waals surface area contributed by atoms with E-state index in [1.165, 1.54) is 86.3 Å². The first-order valence-electron chi connectivity index (χ1n) is 27.9. The van der Waals surface area contributed by atoms with Gasteiger partial charge in [-0.15, -0.1) is 22.7 Å². The molecular weight excluding hydrogens is 1000 g/mol. The number of rotatable bonds is 8. The fourth-order valence-corrected chi connectivity index (χ4v) is 17.2. The van der Waals surface area contributed by atoms with Gasteiger partial charge in [-0.1, -0.05) is 222 Å². The van der Waals surface area contributed by atoms with Gasteiger partial charge in [-0.2, -0.15) is 0 Å². The van der Waals surface area contributed by atoms with E-state index >= 15 is 0 Å². The predicted molar refractivity (Wildman–Crippen MR) is 337 cm³/mol. The van der Waals surface area contributed by atoms with Crippen molar-refractivity contribution in [1.82, 2.24) is 0 Å². The Morgan fingerprint density at radius 2 is 0.463 bits per heavy atom. The van der Waals surface area contributed by atoms with Crippen molar-refractivity contribution in [2.75, 3.05) is 9.80 Å². The van der Waals surface area contributed by atoms with E-state index in [1.807, 2.05) is 22.7 Å². The highest BCUT2D eigenvalue weighted by Gasteiger charge is 2.62. The molecular formula is C76H58N2S2. The van der Waals surface area contributed by atoms with Crippen LogP contribution in [0.4, 0.5) is 34.1 Å². The van der Waals surface area contributed by atoms with Crippen molar-refractivity contribution >= 4 is 56.8 Å². The summed E-state index contributed by atoms with van der Waals surface area (Å²) in [5.74, 6) is 0. The van der Waals surface area contributed by atoms with E-state index in [0.29, 0.717) is 0 Å². The molecule has 0 saturated heterocycles. The summed E-state index contributed by atoms with van der Waals surface area (Å²) in [5, 5.41) is 0. The van der Waals surface area contributed by atoms with Crippen molar-refractivity contribution in [3.05, 3.63) is 344 Å². The van der Waals surface area contributed by atoms with Gasteiger partial charge in [0.05, 0.1) is 10.8 Å². The zero-order valence-electron chi connectivity index (χ0n) is 45.3. The molecule has 4 heteroatoms. The number of hydrogen-bond donors (Lipinski definition) is 0. The topological polar surface area (TPSA) is 6.48 Å². The standard InChI is InChI=1S/C76H58N2S2/c1-73(2)59-33-17-21-37-63(59)75(64-38-22-18-34-60(64)73)67-49-69(51-41-45-57(46-42-51)77(53-25-9-5-10-26-53)54-27-11-6-12-28-54)80-72(67)76(65-39-23-19-35-61(65)74(3,4)62-36-20-24-40-66(62)76)68-50-70(79-71(68)75)52-43-47-58(48-44-52)78(55-29-13-7-14-30-55)56-31-15-8-16-32-56/h5-50H,1-4H3. The summed E-state index contributed by atoms with van der Waals surface area (Å²) >= 11 is 4.00. The van der Waals surface area contributed by atoms with Gasteiger partial charge in [0.25, 0.3) is 0 Å². The number of hydrogen-bond acceptors (Lipinski definition) is 4. The van der Waals surface area contributed by atoms with Crippen LogP contribution in [-0.4, -0.2) is 0 Å². The molecule has 2 nitrogen and oxygen atoms in total. The Bertz CT molecular complexity index is 3780. The van der Waals surface area contributed by atoms with Crippen LogP contribution in [0.5, 0.6) is 0 Å². The normalized spacial score (nSPS) is 15.2. The Morgan fingerprint density at radius 3 is 0.725 bits per heavy atom. The van der Waals surface area contributed by atoms with E-state index < -0.39 is 10.8 Å². The van der Waals surface area contributed by atoms with Crippen LogP contribution in [0.15, 0.2) is 279 Å². The van der Waals surface area contributed by atoms with Crippen LogP contribution in [0.1, 0.15) is 93.1 Å². The SMILES string of the molecule is CC1(C)c2ccccc2C2(c3ccccc31)c1cc(-c3ccc(N(c4ccccc4)c4ccccc4)cc3)sc1C1(c3ccccc3C(C)(C)c3ccccc31)c1cc(-c3ccc(N(c4ccccc4)c4ccccc4)cc3)sc12. The first-order valence-corrected chi connectivity index (χ1v) is 29.5. The average Bonchev–Trinajstić information content (AvgIpc) is 3.84. The molecule has 80 heavy (non-hydrogen) atoms. The minimum atomic E-state index is -0.651. The van der Waals surface area contributed by atoms with Crippen molar-refractivity contribution < 1.29 is 0 Å². The van der Waals surface area contributed by atoms with Crippen LogP contribution in [0.3, 0.4) is 0 Å². The summed E-state index contributed by atoms with van der Waals surface area (Å²) in [6, 6.07) is 105. The van der Waals surface area contributed by atoms with Crippen LogP contribution in [-0.2, 0) is 21.7 Å². The lowest BCUT2D eigenvalue weighted by molar-refractivity contribution is 0.522.